The van der Waals surface area contributed by atoms with Gasteiger partial charge in [-0.2, -0.15) is 0 Å². The van der Waals surface area contributed by atoms with Gasteiger partial charge in [-0.15, -0.1) is 0 Å². The first kappa shape index (κ1) is 19.8. The minimum Gasteiger partial charge on any atom is -0.444 e. The molecule has 24 heavy (non-hydrogen) atoms. The number of hydrazine groups is 1. The smallest absolute Gasteiger partial charge is 0.421 e. The Balaban J connectivity index is 1.96. The van der Waals surface area contributed by atoms with Gasteiger partial charge < -0.3 is 14.8 Å². The lowest BCUT2D eigenvalue weighted by Crippen LogP contribution is -2.38. The van der Waals surface area contributed by atoms with E-state index >= 15 is 0 Å². The molecule has 1 aromatic carbocycles. The molecule has 0 spiro atoms. The molecular weight excluding hydrogens is 310 g/mol. The van der Waals surface area contributed by atoms with Gasteiger partial charge in [0.1, 0.15) is 12.2 Å². The van der Waals surface area contributed by atoms with E-state index in [1.165, 1.54) is 0 Å². The molecule has 0 atom stereocenters. The van der Waals surface area contributed by atoms with E-state index in [4.69, 9.17) is 9.47 Å². The topological polar surface area (TPSA) is 88.7 Å². The predicted octanol–water partition coefficient (Wildman–Crippen LogP) is 2.72. The maximum atomic E-state index is 11.5. The average Bonchev–Trinajstić information content (AvgIpc) is 2.51. The van der Waals surface area contributed by atoms with E-state index in [-0.39, 0.29) is 6.61 Å². The summed E-state index contributed by atoms with van der Waals surface area (Å²) in [7, 11) is 0. The molecule has 0 unspecified atom stereocenters. The van der Waals surface area contributed by atoms with Crippen LogP contribution in [-0.4, -0.2) is 30.9 Å². The number of carbonyl (C=O) groups is 2. The van der Waals surface area contributed by atoms with Crippen LogP contribution >= 0.6 is 0 Å². The maximum absolute atomic E-state index is 11.5. The van der Waals surface area contributed by atoms with Crippen molar-refractivity contribution in [3.05, 3.63) is 35.9 Å². The van der Waals surface area contributed by atoms with Crippen LogP contribution in [0, 0.1) is 0 Å². The lowest BCUT2D eigenvalue weighted by molar-refractivity contribution is 0.0527. The van der Waals surface area contributed by atoms with Crippen molar-refractivity contribution in [1.29, 1.82) is 0 Å². The Morgan fingerprint density at radius 1 is 1.00 bits per heavy atom. The number of benzene rings is 1. The monoisotopic (exact) mass is 337 g/mol. The van der Waals surface area contributed by atoms with E-state index in [0.29, 0.717) is 13.1 Å². The lowest BCUT2D eigenvalue weighted by Gasteiger charge is -2.19. The van der Waals surface area contributed by atoms with Crippen LogP contribution in [0.15, 0.2) is 30.3 Å². The minimum atomic E-state index is -0.522. The molecule has 0 saturated carbocycles. The molecule has 0 aromatic heterocycles. The van der Waals surface area contributed by atoms with Gasteiger partial charge in [-0.1, -0.05) is 30.3 Å². The molecule has 0 aliphatic heterocycles. The molecule has 0 bridgehead atoms. The summed E-state index contributed by atoms with van der Waals surface area (Å²) in [6, 6.07) is 9.46. The number of unbranched alkanes of at least 4 members (excludes halogenated alkanes) is 1. The van der Waals surface area contributed by atoms with Gasteiger partial charge in [-0.3, -0.25) is 5.43 Å². The zero-order chi connectivity index (χ0) is 17.8. The number of hydrogen-bond acceptors (Lipinski definition) is 5. The summed E-state index contributed by atoms with van der Waals surface area (Å²) in [4.78, 5) is 22.9. The quantitative estimate of drug-likeness (QED) is 0.501. The summed E-state index contributed by atoms with van der Waals surface area (Å²) in [5.74, 6) is 0. The van der Waals surface area contributed by atoms with Crippen LogP contribution in [0.5, 0.6) is 0 Å². The van der Waals surface area contributed by atoms with Crippen LogP contribution in [0.1, 0.15) is 39.2 Å². The van der Waals surface area contributed by atoms with Crippen molar-refractivity contribution in [2.75, 3.05) is 13.1 Å². The van der Waals surface area contributed by atoms with Gasteiger partial charge in [-0.25, -0.2) is 15.0 Å². The van der Waals surface area contributed by atoms with E-state index < -0.39 is 17.8 Å². The van der Waals surface area contributed by atoms with E-state index in [2.05, 4.69) is 16.2 Å². The van der Waals surface area contributed by atoms with Crippen molar-refractivity contribution in [2.45, 2.75) is 45.8 Å². The van der Waals surface area contributed by atoms with Gasteiger partial charge >= 0.3 is 12.2 Å². The Kier molecular flexibility index (Phi) is 8.64. The number of nitrogens with one attached hydrogen (secondary N) is 3. The molecule has 0 radical (unpaired) electrons. The number of hydrogen-bond donors (Lipinski definition) is 3. The first-order valence-electron chi connectivity index (χ1n) is 8.03. The van der Waals surface area contributed by atoms with Crippen molar-refractivity contribution in [2.24, 2.45) is 0 Å². The number of amides is 2. The first-order valence-corrected chi connectivity index (χ1v) is 8.03. The highest BCUT2D eigenvalue weighted by Crippen LogP contribution is 2.06. The molecule has 3 N–H and O–H groups in total. The van der Waals surface area contributed by atoms with Crippen molar-refractivity contribution in [3.63, 3.8) is 0 Å². The fourth-order valence-corrected chi connectivity index (χ4v) is 1.74. The van der Waals surface area contributed by atoms with Crippen LogP contribution in [0.2, 0.25) is 0 Å². The SMILES string of the molecule is CC(C)(C)OC(=O)NCCCCNNC(=O)OCc1ccccc1. The number of ether oxygens (including phenoxy) is 2. The average molecular weight is 337 g/mol. The number of alkyl carbamates (subject to hydrolysis) is 1. The second-order valence-electron chi connectivity index (χ2n) is 6.25. The summed E-state index contributed by atoms with van der Waals surface area (Å²) in [6.07, 6.45) is 0.616. The van der Waals surface area contributed by atoms with Gasteiger partial charge in [0.25, 0.3) is 0 Å². The van der Waals surface area contributed by atoms with Crippen molar-refractivity contribution < 1.29 is 19.1 Å². The summed E-state index contributed by atoms with van der Waals surface area (Å²) in [5, 5.41) is 2.68. The molecule has 7 nitrogen and oxygen atoms in total. The zero-order valence-electron chi connectivity index (χ0n) is 14.6. The minimum absolute atomic E-state index is 0.230. The molecule has 0 fully saturated rings. The van der Waals surface area contributed by atoms with Gasteiger partial charge in [0.05, 0.1) is 0 Å². The second-order valence-corrected chi connectivity index (χ2v) is 6.25. The molecule has 0 saturated heterocycles. The van der Waals surface area contributed by atoms with Gasteiger partial charge in [0.15, 0.2) is 0 Å². The number of carbonyl (C=O) groups excluding carboxylic acids is 2. The van der Waals surface area contributed by atoms with Gasteiger partial charge in [0, 0.05) is 13.1 Å². The molecule has 2 amide bonds. The summed E-state index contributed by atoms with van der Waals surface area (Å²) in [6.45, 7) is 6.79. The second kappa shape index (κ2) is 10.5. The Morgan fingerprint density at radius 3 is 2.33 bits per heavy atom. The molecule has 0 heterocycles. The van der Waals surface area contributed by atoms with Gasteiger partial charge in [0.2, 0.25) is 0 Å². The Labute approximate surface area is 143 Å². The highest BCUT2D eigenvalue weighted by molar-refractivity contribution is 5.67. The Hall–Kier alpha value is -2.28. The molecular formula is C17H27N3O4. The van der Waals surface area contributed by atoms with E-state index in [0.717, 1.165) is 18.4 Å². The molecule has 0 aliphatic carbocycles. The largest absolute Gasteiger partial charge is 0.444 e. The maximum Gasteiger partial charge on any atom is 0.421 e. The standard InChI is InChI=1S/C17H27N3O4/c1-17(2,3)24-15(21)18-11-7-8-12-19-20-16(22)23-13-14-9-5-4-6-10-14/h4-6,9-10,19H,7-8,11-13H2,1-3H3,(H,18,21)(H,20,22). The lowest BCUT2D eigenvalue weighted by atomic mass is 10.2. The molecule has 134 valence electrons. The first-order chi connectivity index (χ1) is 11.4. The third kappa shape index (κ3) is 10.4. The third-order valence-corrected chi connectivity index (χ3v) is 2.80. The van der Waals surface area contributed by atoms with Crippen LogP contribution in [0.3, 0.4) is 0 Å². The van der Waals surface area contributed by atoms with Crippen LogP contribution in [0.25, 0.3) is 0 Å². The Morgan fingerprint density at radius 2 is 1.67 bits per heavy atom. The van der Waals surface area contributed by atoms with E-state index in [1.54, 1.807) is 0 Å². The predicted molar refractivity (Wildman–Crippen MR) is 91.2 cm³/mol. The van der Waals surface area contributed by atoms with Crippen LogP contribution < -0.4 is 16.2 Å². The fourth-order valence-electron chi connectivity index (χ4n) is 1.74. The normalized spacial score (nSPS) is 10.8. The summed E-state index contributed by atoms with van der Waals surface area (Å²) < 4.78 is 10.2. The van der Waals surface area contributed by atoms with Crippen LogP contribution in [0.4, 0.5) is 9.59 Å². The molecule has 1 rings (SSSR count). The van der Waals surface area contributed by atoms with Crippen molar-refractivity contribution in [1.82, 2.24) is 16.2 Å². The van der Waals surface area contributed by atoms with Crippen molar-refractivity contribution >= 4 is 12.2 Å². The third-order valence-electron chi connectivity index (χ3n) is 2.80. The molecule has 0 aliphatic rings. The number of rotatable bonds is 8. The summed E-state index contributed by atoms with van der Waals surface area (Å²) in [5.41, 5.74) is 5.68. The van der Waals surface area contributed by atoms with Crippen molar-refractivity contribution in [3.8, 4) is 0 Å². The highest BCUT2D eigenvalue weighted by atomic mass is 16.6. The van der Waals surface area contributed by atoms with Crippen LogP contribution in [-0.2, 0) is 16.1 Å². The van der Waals surface area contributed by atoms with E-state index in [1.807, 2.05) is 51.1 Å². The molecule has 7 heteroatoms. The fraction of sp³-hybridized carbons (Fsp3) is 0.529. The summed E-state index contributed by atoms with van der Waals surface area (Å²) >= 11 is 0. The highest BCUT2D eigenvalue weighted by Gasteiger charge is 2.15. The molecule has 1 aromatic rings. The Bertz CT molecular complexity index is 500. The van der Waals surface area contributed by atoms with E-state index in [9.17, 15) is 9.59 Å². The zero-order valence-corrected chi connectivity index (χ0v) is 14.6. The van der Waals surface area contributed by atoms with Gasteiger partial charge in [-0.05, 0) is 39.2 Å².